The summed E-state index contributed by atoms with van der Waals surface area (Å²) in [6.45, 7) is 10.2. The molecule has 2 heteroatoms. The first-order valence-electron chi connectivity index (χ1n) is 7.05. The molecule has 0 heterocycles. The molecule has 0 saturated carbocycles. The summed E-state index contributed by atoms with van der Waals surface area (Å²) >= 11 is 0. The molecule has 0 N–H and O–H groups in total. The van der Waals surface area contributed by atoms with E-state index < -0.39 is 11.6 Å². The molecule has 0 saturated heterocycles. The van der Waals surface area contributed by atoms with Crippen molar-refractivity contribution in [1.29, 1.82) is 0 Å². The summed E-state index contributed by atoms with van der Waals surface area (Å²) < 4.78 is 26.7. The van der Waals surface area contributed by atoms with Crippen LogP contribution >= 0.6 is 0 Å². The van der Waals surface area contributed by atoms with Crippen LogP contribution in [0.15, 0.2) is 18.2 Å². The molecule has 1 aromatic rings. The first kappa shape index (κ1) is 17.1. The average Bonchev–Trinajstić information content (AvgIpc) is 2.39. The molecule has 104 valence electrons. The molecule has 0 fully saturated rings. The van der Waals surface area contributed by atoms with E-state index in [1.807, 2.05) is 13.8 Å². The summed E-state index contributed by atoms with van der Waals surface area (Å²) in [5.41, 5.74) is 0.535. The zero-order chi connectivity index (χ0) is 14.2. The topological polar surface area (TPSA) is 0 Å². The van der Waals surface area contributed by atoms with Crippen LogP contribution in [0.2, 0.25) is 0 Å². The van der Waals surface area contributed by atoms with Crippen molar-refractivity contribution in [3.05, 3.63) is 35.4 Å². The Kier molecular flexibility index (Phi) is 7.81. The molecule has 1 aromatic carbocycles. The van der Waals surface area contributed by atoms with Crippen LogP contribution in [0.5, 0.6) is 0 Å². The Bertz CT molecular complexity index is 341. The molecule has 0 nitrogen and oxygen atoms in total. The minimum atomic E-state index is -0.501. The largest absolute Gasteiger partial charge is 0.207 e. The number of rotatable bonds is 5. The predicted octanol–water partition coefficient (Wildman–Crippen LogP) is 5.85. The van der Waals surface area contributed by atoms with Crippen LogP contribution in [0.3, 0.4) is 0 Å². The van der Waals surface area contributed by atoms with Gasteiger partial charge in [-0.25, -0.2) is 8.78 Å². The minimum absolute atomic E-state index is 0.132. The predicted molar refractivity (Wildman–Crippen MR) is 74.9 cm³/mol. The molecule has 18 heavy (non-hydrogen) atoms. The summed E-state index contributed by atoms with van der Waals surface area (Å²) in [7, 11) is 0. The molecule has 0 aliphatic rings. The Morgan fingerprint density at radius 2 is 1.56 bits per heavy atom. The van der Waals surface area contributed by atoms with Crippen LogP contribution in [0.25, 0.3) is 0 Å². The van der Waals surface area contributed by atoms with Crippen molar-refractivity contribution in [2.75, 3.05) is 0 Å². The van der Waals surface area contributed by atoms with Gasteiger partial charge in [0.25, 0.3) is 0 Å². The van der Waals surface area contributed by atoms with E-state index in [2.05, 4.69) is 20.8 Å². The van der Waals surface area contributed by atoms with E-state index in [4.69, 9.17) is 0 Å². The van der Waals surface area contributed by atoms with Gasteiger partial charge in [-0.15, -0.1) is 0 Å². The number of hydrogen-bond donors (Lipinski definition) is 0. The Morgan fingerprint density at radius 1 is 1.00 bits per heavy atom. The monoisotopic (exact) mass is 256 g/mol. The number of benzene rings is 1. The number of hydrogen-bond acceptors (Lipinski definition) is 0. The van der Waals surface area contributed by atoms with E-state index in [0.717, 1.165) is 31.7 Å². The lowest BCUT2D eigenvalue weighted by molar-refractivity contribution is 0.345. The van der Waals surface area contributed by atoms with Gasteiger partial charge in [-0.05, 0) is 36.3 Å². The van der Waals surface area contributed by atoms with Gasteiger partial charge in [0, 0.05) is 6.07 Å². The van der Waals surface area contributed by atoms with Crippen molar-refractivity contribution in [3.63, 3.8) is 0 Å². The Hall–Kier alpha value is -0.920. The minimum Gasteiger partial charge on any atom is -0.207 e. The maximum atomic E-state index is 13.8. The Morgan fingerprint density at radius 3 is 1.94 bits per heavy atom. The normalized spacial score (nSPS) is 10.8. The molecule has 0 bridgehead atoms. The van der Waals surface area contributed by atoms with E-state index >= 15 is 0 Å². The summed E-state index contributed by atoms with van der Waals surface area (Å²) in [5.74, 6) is -0.906. The zero-order valence-corrected chi connectivity index (χ0v) is 12.3. The second-order valence-electron chi connectivity index (χ2n) is 4.36. The van der Waals surface area contributed by atoms with Crippen LogP contribution in [0.1, 0.15) is 65.9 Å². The molecule has 0 aliphatic heterocycles. The van der Waals surface area contributed by atoms with E-state index in [0.29, 0.717) is 5.56 Å². The maximum Gasteiger partial charge on any atom is 0.129 e. The van der Waals surface area contributed by atoms with Gasteiger partial charge in [-0.3, -0.25) is 0 Å². The molecular weight excluding hydrogens is 230 g/mol. The van der Waals surface area contributed by atoms with E-state index in [1.165, 1.54) is 6.07 Å². The zero-order valence-electron chi connectivity index (χ0n) is 12.3. The lowest BCUT2D eigenvalue weighted by Crippen LogP contribution is -2.25. The van der Waals surface area contributed by atoms with E-state index in [1.54, 1.807) is 6.07 Å². The summed E-state index contributed by atoms with van der Waals surface area (Å²) in [6, 6.07) is 3.95. The third-order valence-electron chi connectivity index (χ3n) is 3.58. The van der Waals surface area contributed by atoms with Crippen molar-refractivity contribution in [2.24, 2.45) is 0 Å². The lowest BCUT2D eigenvalue weighted by atomic mass is 9.72. The molecule has 0 aliphatic carbocycles. The standard InChI is InChI=1S/C14H20F2.C2H6/c1-4-9-14(5-2,6-3)12-8-7-11(15)10-13(12)16;1-2/h7-8,10H,4-6,9H2,1-3H3;1-2H3. The number of halogens is 2. The van der Waals surface area contributed by atoms with Crippen LogP contribution in [-0.4, -0.2) is 0 Å². The quantitative estimate of drug-likeness (QED) is 0.620. The van der Waals surface area contributed by atoms with Gasteiger partial charge in [-0.1, -0.05) is 47.1 Å². The second kappa shape index (κ2) is 8.23. The van der Waals surface area contributed by atoms with Gasteiger partial charge < -0.3 is 0 Å². The van der Waals surface area contributed by atoms with Crippen molar-refractivity contribution in [3.8, 4) is 0 Å². The highest BCUT2D eigenvalue weighted by molar-refractivity contribution is 5.27. The molecular formula is C16H26F2. The average molecular weight is 256 g/mol. The Labute approximate surface area is 110 Å². The van der Waals surface area contributed by atoms with Crippen LogP contribution in [0.4, 0.5) is 8.78 Å². The van der Waals surface area contributed by atoms with Gasteiger partial charge in [0.15, 0.2) is 0 Å². The van der Waals surface area contributed by atoms with Gasteiger partial charge in [0.2, 0.25) is 0 Å². The fraction of sp³-hybridized carbons (Fsp3) is 0.625. The highest BCUT2D eigenvalue weighted by Gasteiger charge is 2.30. The van der Waals surface area contributed by atoms with Crippen molar-refractivity contribution in [2.45, 2.75) is 65.7 Å². The second-order valence-corrected chi connectivity index (χ2v) is 4.36. The fourth-order valence-corrected chi connectivity index (χ4v) is 2.52. The van der Waals surface area contributed by atoms with Crippen molar-refractivity contribution < 1.29 is 8.78 Å². The summed E-state index contributed by atoms with van der Waals surface area (Å²) in [6.07, 6.45) is 3.74. The van der Waals surface area contributed by atoms with Gasteiger partial charge in [0.05, 0.1) is 0 Å². The Balaban J connectivity index is 0.00000137. The van der Waals surface area contributed by atoms with Crippen molar-refractivity contribution in [1.82, 2.24) is 0 Å². The first-order valence-corrected chi connectivity index (χ1v) is 7.05. The lowest BCUT2D eigenvalue weighted by Gasteiger charge is -2.32. The van der Waals surface area contributed by atoms with Crippen LogP contribution in [-0.2, 0) is 5.41 Å². The van der Waals surface area contributed by atoms with Gasteiger partial charge >= 0.3 is 0 Å². The third-order valence-corrected chi connectivity index (χ3v) is 3.58. The summed E-state index contributed by atoms with van der Waals surface area (Å²) in [4.78, 5) is 0. The maximum absolute atomic E-state index is 13.8. The van der Waals surface area contributed by atoms with Crippen molar-refractivity contribution >= 4 is 0 Å². The molecule has 0 amide bonds. The molecule has 0 atom stereocenters. The van der Waals surface area contributed by atoms with E-state index in [-0.39, 0.29) is 5.41 Å². The van der Waals surface area contributed by atoms with E-state index in [9.17, 15) is 8.78 Å². The molecule has 1 rings (SSSR count). The molecule has 0 spiro atoms. The highest BCUT2D eigenvalue weighted by atomic mass is 19.1. The van der Waals surface area contributed by atoms with Gasteiger partial charge in [-0.2, -0.15) is 0 Å². The smallest absolute Gasteiger partial charge is 0.129 e. The fourth-order valence-electron chi connectivity index (χ4n) is 2.52. The first-order chi connectivity index (χ1) is 8.59. The molecule has 0 unspecified atom stereocenters. The van der Waals surface area contributed by atoms with Gasteiger partial charge in [0.1, 0.15) is 11.6 Å². The highest BCUT2D eigenvalue weighted by Crippen LogP contribution is 2.37. The molecule has 0 aromatic heterocycles. The summed E-state index contributed by atoms with van der Waals surface area (Å²) in [5, 5.41) is 0. The third kappa shape index (κ3) is 3.79. The SMILES string of the molecule is CC.CCCC(CC)(CC)c1ccc(F)cc1F. The van der Waals surface area contributed by atoms with Crippen LogP contribution in [0, 0.1) is 11.6 Å². The molecule has 0 radical (unpaired) electrons. The van der Waals surface area contributed by atoms with Crippen LogP contribution < -0.4 is 0 Å².